The molecule has 0 heterocycles. The van der Waals surface area contributed by atoms with Crippen molar-refractivity contribution in [1.82, 2.24) is 0 Å². The molecule has 0 saturated carbocycles. The highest BCUT2D eigenvalue weighted by Crippen LogP contribution is 2.22. The van der Waals surface area contributed by atoms with Gasteiger partial charge < -0.3 is 10.1 Å². The van der Waals surface area contributed by atoms with Gasteiger partial charge in [-0.2, -0.15) is 0 Å². The van der Waals surface area contributed by atoms with Crippen LogP contribution in [0, 0.1) is 5.82 Å². The minimum Gasteiger partial charge on any atom is -0.484 e. The Bertz CT molecular complexity index is 867. The Kier molecular flexibility index (Phi) is 4.44. The molecule has 0 aliphatic carbocycles. The van der Waals surface area contributed by atoms with Gasteiger partial charge in [-0.15, -0.1) is 0 Å². The molecule has 0 aliphatic rings. The molecule has 3 rings (SSSR count). The third-order valence-electron chi connectivity index (χ3n) is 3.32. The molecule has 0 unspecified atom stereocenters. The molecule has 0 aromatic heterocycles. The number of benzene rings is 3. The molecule has 0 atom stereocenters. The summed E-state index contributed by atoms with van der Waals surface area (Å²) in [7, 11) is 0. The number of hydrogen-bond donors (Lipinski definition) is 1. The number of rotatable bonds is 4. The van der Waals surface area contributed by atoms with Gasteiger partial charge in [0.15, 0.2) is 12.4 Å². The van der Waals surface area contributed by atoms with Gasteiger partial charge in [-0.1, -0.05) is 48.0 Å². The molecular weight excluding hydrogens is 317 g/mol. The van der Waals surface area contributed by atoms with Crippen LogP contribution in [-0.2, 0) is 4.79 Å². The van der Waals surface area contributed by atoms with Crippen LogP contribution in [0.4, 0.5) is 10.1 Å². The van der Waals surface area contributed by atoms with Crippen molar-refractivity contribution < 1.29 is 13.9 Å². The average molecular weight is 330 g/mol. The van der Waals surface area contributed by atoms with Crippen molar-refractivity contribution in [2.45, 2.75) is 0 Å². The average Bonchev–Trinajstić information content (AvgIpc) is 2.57. The number of carbonyl (C=O) groups excluding carboxylic acids is 1. The van der Waals surface area contributed by atoms with Crippen LogP contribution in [0.1, 0.15) is 0 Å². The molecule has 0 bridgehead atoms. The van der Waals surface area contributed by atoms with Crippen LogP contribution in [0.15, 0.2) is 60.7 Å². The number of ether oxygens (including phenoxy) is 1. The van der Waals surface area contributed by atoms with E-state index in [9.17, 15) is 9.18 Å². The van der Waals surface area contributed by atoms with Crippen LogP contribution >= 0.6 is 11.6 Å². The maximum absolute atomic E-state index is 13.7. The van der Waals surface area contributed by atoms with Gasteiger partial charge in [-0.3, -0.25) is 4.79 Å². The van der Waals surface area contributed by atoms with E-state index in [0.29, 0.717) is 5.75 Å². The van der Waals surface area contributed by atoms with E-state index < -0.39 is 11.7 Å². The van der Waals surface area contributed by atoms with E-state index in [1.807, 2.05) is 36.4 Å². The van der Waals surface area contributed by atoms with E-state index in [1.54, 1.807) is 12.1 Å². The predicted molar refractivity (Wildman–Crippen MR) is 89.5 cm³/mol. The Labute approximate surface area is 137 Å². The second kappa shape index (κ2) is 6.67. The molecule has 116 valence electrons. The van der Waals surface area contributed by atoms with E-state index in [4.69, 9.17) is 16.3 Å². The molecular formula is C18H13ClFNO2. The Morgan fingerprint density at radius 1 is 1.04 bits per heavy atom. The lowest BCUT2D eigenvalue weighted by atomic mass is 10.1. The summed E-state index contributed by atoms with van der Waals surface area (Å²) in [5, 5.41) is 4.50. The molecule has 1 N–H and O–H groups in total. The summed E-state index contributed by atoms with van der Waals surface area (Å²) in [4.78, 5) is 11.9. The van der Waals surface area contributed by atoms with Gasteiger partial charge in [0, 0.05) is 0 Å². The fourth-order valence-corrected chi connectivity index (χ4v) is 2.37. The molecule has 3 aromatic carbocycles. The molecule has 0 fully saturated rings. The Morgan fingerprint density at radius 3 is 2.65 bits per heavy atom. The van der Waals surface area contributed by atoms with Crippen molar-refractivity contribution in [3.05, 3.63) is 71.5 Å². The second-order valence-electron chi connectivity index (χ2n) is 4.95. The predicted octanol–water partition coefficient (Wildman–Crippen LogP) is 4.65. The maximum atomic E-state index is 13.7. The molecule has 3 nitrogen and oxygen atoms in total. The summed E-state index contributed by atoms with van der Waals surface area (Å²) in [5.74, 6) is -0.544. The lowest BCUT2D eigenvalue weighted by Crippen LogP contribution is -2.20. The molecule has 5 heteroatoms. The van der Waals surface area contributed by atoms with Gasteiger partial charge in [0.25, 0.3) is 5.91 Å². The van der Waals surface area contributed by atoms with Crippen molar-refractivity contribution in [3.8, 4) is 5.75 Å². The standard InChI is InChI=1S/C18H13ClFNO2/c19-15-6-3-7-16(18(15)20)21-17(22)11-23-14-9-8-12-4-1-2-5-13(12)10-14/h1-10H,11H2,(H,21,22). The zero-order valence-electron chi connectivity index (χ0n) is 12.1. The number of hydrogen-bond acceptors (Lipinski definition) is 2. The summed E-state index contributed by atoms with van der Waals surface area (Å²) in [6, 6.07) is 17.8. The van der Waals surface area contributed by atoms with Crippen LogP contribution in [0.5, 0.6) is 5.75 Å². The quantitative estimate of drug-likeness (QED) is 0.756. The van der Waals surface area contributed by atoms with Gasteiger partial charge >= 0.3 is 0 Å². The number of fused-ring (bicyclic) bond motifs is 1. The van der Waals surface area contributed by atoms with Crippen LogP contribution < -0.4 is 10.1 Å². The highest BCUT2D eigenvalue weighted by atomic mass is 35.5. The second-order valence-corrected chi connectivity index (χ2v) is 5.35. The number of amides is 1. The van der Waals surface area contributed by atoms with E-state index in [-0.39, 0.29) is 17.3 Å². The topological polar surface area (TPSA) is 38.3 Å². The van der Waals surface area contributed by atoms with Gasteiger partial charge in [0.2, 0.25) is 0 Å². The maximum Gasteiger partial charge on any atom is 0.262 e. The molecule has 3 aromatic rings. The smallest absolute Gasteiger partial charge is 0.262 e. The molecule has 0 saturated heterocycles. The Balaban J connectivity index is 1.65. The number of nitrogens with one attached hydrogen (secondary N) is 1. The number of carbonyl (C=O) groups is 1. The first-order valence-corrected chi connectivity index (χ1v) is 7.37. The first-order valence-electron chi connectivity index (χ1n) is 6.99. The first kappa shape index (κ1) is 15.3. The van der Waals surface area contributed by atoms with Gasteiger partial charge in [-0.25, -0.2) is 4.39 Å². The van der Waals surface area contributed by atoms with Crippen molar-refractivity contribution in [3.63, 3.8) is 0 Å². The fourth-order valence-electron chi connectivity index (χ4n) is 2.19. The molecule has 23 heavy (non-hydrogen) atoms. The van der Waals surface area contributed by atoms with Crippen molar-refractivity contribution >= 4 is 34.0 Å². The number of halogens is 2. The van der Waals surface area contributed by atoms with Crippen molar-refractivity contribution in [2.75, 3.05) is 11.9 Å². The minimum atomic E-state index is -0.659. The largest absolute Gasteiger partial charge is 0.484 e. The third kappa shape index (κ3) is 3.60. The fraction of sp³-hybridized carbons (Fsp3) is 0.0556. The van der Waals surface area contributed by atoms with Gasteiger partial charge in [0.1, 0.15) is 5.75 Å². The summed E-state index contributed by atoms with van der Waals surface area (Å²) in [6.45, 7) is -0.218. The minimum absolute atomic E-state index is 0.0320. The van der Waals surface area contributed by atoms with E-state index in [2.05, 4.69) is 5.32 Å². The molecule has 0 aliphatic heterocycles. The van der Waals surface area contributed by atoms with Crippen molar-refractivity contribution in [2.24, 2.45) is 0 Å². The Hall–Kier alpha value is -2.59. The Morgan fingerprint density at radius 2 is 1.83 bits per heavy atom. The lowest BCUT2D eigenvalue weighted by molar-refractivity contribution is -0.118. The molecule has 0 spiro atoms. The van der Waals surface area contributed by atoms with E-state index in [0.717, 1.165) is 10.8 Å². The van der Waals surface area contributed by atoms with Crippen LogP contribution in [0.25, 0.3) is 10.8 Å². The zero-order chi connectivity index (χ0) is 16.2. The van der Waals surface area contributed by atoms with Crippen LogP contribution in [0.2, 0.25) is 5.02 Å². The highest BCUT2D eigenvalue weighted by molar-refractivity contribution is 6.31. The van der Waals surface area contributed by atoms with Crippen LogP contribution in [0.3, 0.4) is 0 Å². The summed E-state index contributed by atoms with van der Waals surface area (Å²) < 4.78 is 19.2. The normalized spacial score (nSPS) is 10.5. The zero-order valence-corrected chi connectivity index (χ0v) is 12.8. The van der Waals surface area contributed by atoms with Gasteiger partial charge in [0.05, 0.1) is 10.7 Å². The monoisotopic (exact) mass is 329 g/mol. The molecule has 1 amide bonds. The SMILES string of the molecule is O=C(COc1ccc2ccccc2c1)Nc1cccc(Cl)c1F. The highest BCUT2D eigenvalue weighted by Gasteiger charge is 2.10. The van der Waals surface area contributed by atoms with Gasteiger partial charge in [-0.05, 0) is 35.0 Å². The molecule has 0 radical (unpaired) electrons. The summed E-state index contributed by atoms with van der Waals surface area (Å²) in [5.41, 5.74) is 0.0320. The van der Waals surface area contributed by atoms with E-state index >= 15 is 0 Å². The lowest BCUT2D eigenvalue weighted by Gasteiger charge is -2.09. The van der Waals surface area contributed by atoms with Crippen molar-refractivity contribution in [1.29, 1.82) is 0 Å². The number of anilines is 1. The summed E-state index contributed by atoms with van der Waals surface area (Å²) >= 11 is 5.67. The van der Waals surface area contributed by atoms with E-state index in [1.165, 1.54) is 12.1 Å². The van der Waals surface area contributed by atoms with Crippen LogP contribution in [-0.4, -0.2) is 12.5 Å². The third-order valence-corrected chi connectivity index (χ3v) is 3.61. The summed E-state index contributed by atoms with van der Waals surface area (Å²) in [6.07, 6.45) is 0. The first-order chi connectivity index (χ1) is 11.1.